The topological polar surface area (TPSA) is 341 Å². The van der Waals surface area contributed by atoms with Crippen LogP contribution in [0, 0.1) is 0 Å². The third-order valence-corrected chi connectivity index (χ3v) is 8.52. The van der Waals surface area contributed by atoms with E-state index in [4.69, 9.17) is 63.4 Å². The first-order chi connectivity index (χ1) is 16.4. The molecule has 0 unspecified atom stereocenters. The molecular formula is C16H26I2N17-. The van der Waals surface area contributed by atoms with E-state index in [1.807, 2.05) is 22.9 Å². The fourth-order valence-electron chi connectivity index (χ4n) is 4.16. The van der Waals surface area contributed by atoms with Gasteiger partial charge in [0.15, 0.2) is 0 Å². The Balaban J connectivity index is 2.03. The number of hydrogen-bond acceptors (Lipinski definition) is 17. The first-order valence-electron chi connectivity index (χ1n) is 9.59. The molecule has 0 fully saturated rings. The van der Waals surface area contributed by atoms with Gasteiger partial charge in [0.25, 0.3) is 0 Å². The number of benzene rings is 3. The van der Waals surface area contributed by atoms with Crippen LogP contribution in [0.3, 0.4) is 0 Å². The zero-order valence-electron chi connectivity index (χ0n) is 18.0. The summed E-state index contributed by atoms with van der Waals surface area (Å²) < 4.78 is 5.43. The minimum atomic E-state index is -0.961. The molecule has 3 aromatic carbocycles. The predicted molar refractivity (Wildman–Crippen MR) is 147 cm³/mol. The molecule has 17 nitrogen and oxygen atoms in total. The van der Waals surface area contributed by atoms with Gasteiger partial charge in [0.2, 0.25) is 0 Å². The van der Waals surface area contributed by atoms with Crippen molar-refractivity contribution in [3.8, 4) is 22.3 Å². The summed E-state index contributed by atoms with van der Waals surface area (Å²) in [5.74, 6) is 17.2. The van der Waals surface area contributed by atoms with E-state index in [1.165, 1.54) is 6.66 Å². The molecule has 0 saturated heterocycles. The van der Waals surface area contributed by atoms with Crippen molar-refractivity contribution in [2.75, 3.05) is 56.7 Å². The molecule has 0 heterocycles. The third kappa shape index (κ3) is 3.55. The van der Waals surface area contributed by atoms with Crippen LogP contribution in [-0.2, 0) is 0 Å². The minimum absolute atomic E-state index is 0.131. The van der Waals surface area contributed by atoms with Gasteiger partial charge < -0.3 is 0 Å². The van der Waals surface area contributed by atoms with Crippen LogP contribution in [-0.4, -0.2) is 6.66 Å². The number of hydrazine groups is 6. The Bertz CT molecular complexity index is 1370. The molecule has 19 heteroatoms. The zero-order valence-corrected chi connectivity index (χ0v) is 22.3. The summed E-state index contributed by atoms with van der Waals surface area (Å²) in [4.78, 5) is 0. The van der Waals surface area contributed by atoms with Gasteiger partial charge >= 0.3 is 225 Å². The summed E-state index contributed by atoms with van der Waals surface area (Å²) in [6.45, 7) is 0. The van der Waals surface area contributed by atoms with Crippen molar-refractivity contribution in [2.24, 2.45) is 17.5 Å². The van der Waals surface area contributed by atoms with Crippen molar-refractivity contribution >= 4 is 90.5 Å². The van der Waals surface area contributed by atoms with Crippen molar-refractivity contribution < 1.29 is 21.8 Å². The van der Waals surface area contributed by atoms with Gasteiger partial charge in [-0.15, -0.1) is 0 Å². The van der Waals surface area contributed by atoms with Crippen LogP contribution in [0.2, 0.25) is 0 Å². The summed E-state index contributed by atoms with van der Waals surface area (Å²) in [6.07, 6.45) is 0. The Labute approximate surface area is 223 Å². The number of fused-ring (bicyclic) bond motifs is 3. The molecule has 4 rings (SSSR count). The third-order valence-electron chi connectivity index (χ3n) is 5.76. The van der Waals surface area contributed by atoms with E-state index in [0.717, 1.165) is 0 Å². The van der Waals surface area contributed by atoms with Gasteiger partial charge in [-0.25, -0.2) is 0 Å². The SMILES string of the molecule is NNc1c(N)c(N)c(NNN[I-]N(N)N(N)I)c2c1-c1c(N)c(N)c(N)c3c(N)c(N)c(N)c-2c13. The average Bonchev–Trinajstić information content (AvgIpc) is 3.16. The molecule has 1 aliphatic carbocycles. The van der Waals surface area contributed by atoms with Crippen molar-refractivity contribution in [3.63, 3.8) is 0 Å². The summed E-state index contributed by atoms with van der Waals surface area (Å²) in [7, 11) is 0. The molecule has 0 aliphatic heterocycles. The Hall–Kier alpha value is -2.90. The Morgan fingerprint density at radius 2 is 1.09 bits per heavy atom. The van der Waals surface area contributed by atoms with E-state index in [9.17, 15) is 0 Å². The molecule has 0 bridgehead atoms. The molecule has 0 atom stereocenters. The van der Waals surface area contributed by atoms with Gasteiger partial charge in [0.1, 0.15) is 0 Å². The molecule has 3 aromatic rings. The second-order valence-corrected chi connectivity index (χ2v) is 10.5. The maximum absolute atomic E-state index is 6.48. The van der Waals surface area contributed by atoms with Gasteiger partial charge in [0, 0.05) is 0 Å². The van der Waals surface area contributed by atoms with Crippen LogP contribution in [0.15, 0.2) is 0 Å². The van der Waals surface area contributed by atoms with Gasteiger partial charge in [-0.3, -0.25) is 0 Å². The van der Waals surface area contributed by atoms with Crippen LogP contribution in [0.4, 0.5) is 56.9 Å². The summed E-state index contributed by atoms with van der Waals surface area (Å²) in [5.41, 5.74) is 63.4. The number of nitrogens with one attached hydrogen (secondary N) is 4. The molecule has 0 spiro atoms. The number of halogens is 2. The monoisotopic (exact) mass is 710 g/mol. The van der Waals surface area contributed by atoms with Gasteiger partial charge in [-0.2, -0.15) is 0 Å². The molecular weight excluding hydrogens is 684 g/mol. The fourth-order valence-corrected chi connectivity index (χ4v) is 5.42. The van der Waals surface area contributed by atoms with Gasteiger partial charge in [0.05, 0.1) is 0 Å². The van der Waals surface area contributed by atoms with E-state index in [-0.39, 0.29) is 45.5 Å². The molecule has 35 heavy (non-hydrogen) atoms. The van der Waals surface area contributed by atoms with Crippen LogP contribution in [0.1, 0.15) is 0 Å². The number of anilines is 10. The van der Waals surface area contributed by atoms with Crippen molar-refractivity contribution in [1.82, 2.24) is 15.8 Å². The van der Waals surface area contributed by atoms with Crippen LogP contribution >= 0.6 is 22.9 Å². The summed E-state index contributed by atoms with van der Waals surface area (Å²) >= 11 is 0.861. The van der Waals surface area contributed by atoms with Crippen LogP contribution in [0.25, 0.3) is 33.0 Å². The van der Waals surface area contributed by atoms with E-state index in [0.29, 0.717) is 44.4 Å². The van der Waals surface area contributed by atoms with Crippen molar-refractivity contribution in [2.45, 2.75) is 0 Å². The molecule has 0 saturated carbocycles. The molecule has 26 N–H and O–H groups in total. The number of nitrogen functional groups attached to an aromatic ring is 9. The number of rotatable bonds is 7. The number of hydrogen-bond donors (Lipinski definition) is 15. The summed E-state index contributed by atoms with van der Waals surface area (Å²) in [6, 6.07) is 0. The molecule has 190 valence electrons. The predicted octanol–water partition coefficient (Wildman–Crippen LogP) is -4.61. The molecule has 0 aromatic heterocycles. The van der Waals surface area contributed by atoms with E-state index in [1.54, 1.807) is 0 Å². The summed E-state index contributed by atoms with van der Waals surface area (Å²) in [5, 5.41) is 0.964. The van der Waals surface area contributed by atoms with E-state index >= 15 is 0 Å². The van der Waals surface area contributed by atoms with Crippen LogP contribution in [0.5, 0.6) is 0 Å². The number of nitrogens with zero attached hydrogens (tertiary/aromatic N) is 2. The van der Waals surface area contributed by atoms with Crippen LogP contribution < -0.4 is 105 Å². The van der Waals surface area contributed by atoms with E-state index < -0.39 is 21.8 Å². The van der Waals surface area contributed by atoms with E-state index in [2.05, 4.69) is 20.0 Å². The first-order valence-corrected chi connectivity index (χ1v) is 12.6. The van der Waals surface area contributed by atoms with Crippen molar-refractivity contribution in [3.05, 3.63) is 0 Å². The Morgan fingerprint density at radius 3 is 1.57 bits per heavy atom. The molecule has 0 amide bonds. The van der Waals surface area contributed by atoms with Gasteiger partial charge in [-0.05, 0) is 0 Å². The Kier molecular flexibility index (Phi) is 6.45. The van der Waals surface area contributed by atoms with Gasteiger partial charge in [-0.1, -0.05) is 0 Å². The fraction of sp³-hybridized carbons (Fsp3) is 0. The maximum atomic E-state index is 6.48. The van der Waals surface area contributed by atoms with Crippen molar-refractivity contribution in [1.29, 1.82) is 0 Å². The second kappa shape index (κ2) is 8.95. The Morgan fingerprint density at radius 1 is 0.600 bits per heavy atom. The first kappa shape index (κ1) is 25.2. The number of nitrogens with two attached hydrogens (primary N) is 11. The average molecular weight is 710 g/mol. The quantitative estimate of drug-likeness (QED) is 0.0214. The normalized spacial score (nSPS) is 12.2. The molecule has 1 aliphatic rings. The standard InChI is InChI=1S/C16H26I2N17/c17-34(28)35(29)18-32-33-31-16-5-3-1-2(4(5)15(30-27)13(25)14(16)26)7(19)11(23)9(21)6(1)10(22)12(24)8(3)20/h30-33H,19-29H2/q-1. The zero-order chi connectivity index (χ0) is 25.9. The second-order valence-electron chi connectivity index (χ2n) is 7.46. The molecule has 0 radical (unpaired) electrons.